The molecule has 1 aliphatic rings. The van der Waals surface area contributed by atoms with Crippen molar-refractivity contribution in [2.75, 3.05) is 32.7 Å². The average molecular weight is 248 g/mol. The number of halogens is 1. The zero-order valence-corrected chi connectivity index (χ0v) is 11.2. The van der Waals surface area contributed by atoms with Gasteiger partial charge >= 0.3 is 0 Å². The molecule has 1 amide bonds. The van der Waals surface area contributed by atoms with E-state index in [2.05, 4.69) is 0 Å². The second-order valence-corrected chi connectivity index (χ2v) is 5.55. The van der Waals surface area contributed by atoms with E-state index < -0.39 is 5.41 Å². The van der Waals surface area contributed by atoms with E-state index in [9.17, 15) is 4.79 Å². The van der Waals surface area contributed by atoms with Crippen molar-refractivity contribution in [3.63, 3.8) is 0 Å². The molecular weight excluding hydrogens is 226 g/mol. The molecule has 1 heterocycles. The molecule has 1 unspecified atom stereocenters. The minimum atomic E-state index is -0.466. The smallest absolute Gasteiger partial charge is 0.229 e. The van der Waals surface area contributed by atoms with Crippen LogP contribution in [0.15, 0.2) is 0 Å². The number of carbonyl (C=O) groups excluding carboxylic acids is 1. The fourth-order valence-corrected chi connectivity index (χ4v) is 2.11. The van der Waals surface area contributed by atoms with E-state index in [-0.39, 0.29) is 5.91 Å². The first-order valence-corrected chi connectivity index (χ1v) is 6.40. The van der Waals surface area contributed by atoms with Gasteiger partial charge in [-0.15, -0.1) is 11.6 Å². The Labute approximate surface area is 103 Å². The number of nitrogens with zero attached hydrogens (tertiary/aromatic N) is 1. The minimum Gasteiger partial charge on any atom is -0.381 e. The summed E-state index contributed by atoms with van der Waals surface area (Å²) in [5.41, 5.74) is -0.466. The highest BCUT2D eigenvalue weighted by Gasteiger charge is 2.30. The maximum atomic E-state index is 12.1. The van der Waals surface area contributed by atoms with Gasteiger partial charge in [0, 0.05) is 26.1 Å². The van der Waals surface area contributed by atoms with Crippen LogP contribution in [0, 0.1) is 11.3 Å². The molecule has 94 valence electrons. The van der Waals surface area contributed by atoms with E-state index in [0.717, 1.165) is 32.6 Å². The van der Waals surface area contributed by atoms with Crippen LogP contribution in [-0.2, 0) is 9.53 Å². The van der Waals surface area contributed by atoms with Crippen LogP contribution in [-0.4, -0.2) is 43.5 Å². The number of hydrogen-bond donors (Lipinski definition) is 0. The van der Waals surface area contributed by atoms with Crippen LogP contribution in [0.2, 0.25) is 0 Å². The van der Waals surface area contributed by atoms with Gasteiger partial charge in [-0.25, -0.2) is 0 Å². The molecule has 1 saturated heterocycles. The van der Waals surface area contributed by atoms with Gasteiger partial charge in [0.1, 0.15) is 0 Å². The Morgan fingerprint density at radius 2 is 2.25 bits per heavy atom. The van der Waals surface area contributed by atoms with Crippen molar-refractivity contribution >= 4 is 17.5 Å². The van der Waals surface area contributed by atoms with Gasteiger partial charge in [-0.3, -0.25) is 4.79 Å². The average Bonchev–Trinajstić information content (AvgIpc) is 2.29. The topological polar surface area (TPSA) is 29.5 Å². The van der Waals surface area contributed by atoms with Gasteiger partial charge in [0.05, 0.1) is 12.0 Å². The summed E-state index contributed by atoms with van der Waals surface area (Å²) in [4.78, 5) is 13.9. The Morgan fingerprint density at radius 1 is 1.56 bits per heavy atom. The van der Waals surface area contributed by atoms with Crippen molar-refractivity contribution in [1.29, 1.82) is 0 Å². The van der Waals surface area contributed by atoms with Crippen molar-refractivity contribution in [3.8, 4) is 0 Å². The molecule has 1 aliphatic heterocycles. The number of carbonyl (C=O) groups is 1. The predicted molar refractivity (Wildman–Crippen MR) is 65.7 cm³/mol. The van der Waals surface area contributed by atoms with Gasteiger partial charge in [-0.1, -0.05) is 0 Å². The molecule has 1 fully saturated rings. The summed E-state index contributed by atoms with van der Waals surface area (Å²) >= 11 is 5.80. The molecule has 0 N–H and O–H groups in total. The highest BCUT2D eigenvalue weighted by atomic mass is 35.5. The normalized spacial score (nSPS) is 21.9. The summed E-state index contributed by atoms with van der Waals surface area (Å²) in [5, 5.41) is 0. The Hall–Kier alpha value is -0.280. The maximum Gasteiger partial charge on any atom is 0.229 e. The molecule has 16 heavy (non-hydrogen) atoms. The number of alkyl halides is 1. The molecule has 0 aromatic heterocycles. The monoisotopic (exact) mass is 247 g/mol. The Kier molecular flexibility index (Phi) is 5.06. The van der Waals surface area contributed by atoms with Crippen molar-refractivity contribution in [3.05, 3.63) is 0 Å². The van der Waals surface area contributed by atoms with Crippen LogP contribution in [0.1, 0.15) is 26.7 Å². The third-order valence-corrected chi connectivity index (χ3v) is 3.71. The van der Waals surface area contributed by atoms with Crippen LogP contribution in [0.4, 0.5) is 0 Å². The second kappa shape index (κ2) is 5.87. The minimum absolute atomic E-state index is 0.119. The van der Waals surface area contributed by atoms with Gasteiger partial charge in [-0.2, -0.15) is 0 Å². The van der Waals surface area contributed by atoms with Crippen LogP contribution in [0.3, 0.4) is 0 Å². The molecule has 0 aromatic rings. The Bertz CT molecular complexity index is 237. The molecule has 0 saturated carbocycles. The van der Waals surface area contributed by atoms with Crippen LogP contribution in [0.5, 0.6) is 0 Å². The third-order valence-electron chi connectivity index (χ3n) is 3.05. The summed E-state index contributed by atoms with van der Waals surface area (Å²) < 4.78 is 5.41. The Balaban J connectivity index is 2.44. The predicted octanol–water partition coefficient (Wildman–Crippen LogP) is 2.14. The van der Waals surface area contributed by atoms with E-state index in [1.165, 1.54) is 0 Å². The van der Waals surface area contributed by atoms with Gasteiger partial charge < -0.3 is 9.64 Å². The van der Waals surface area contributed by atoms with Gasteiger partial charge in [0.25, 0.3) is 0 Å². The summed E-state index contributed by atoms with van der Waals surface area (Å²) in [6, 6.07) is 0. The fourth-order valence-electron chi connectivity index (χ4n) is 2.00. The molecule has 4 heteroatoms. The highest BCUT2D eigenvalue weighted by molar-refractivity contribution is 6.19. The zero-order valence-electron chi connectivity index (χ0n) is 10.5. The highest BCUT2D eigenvalue weighted by Crippen LogP contribution is 2.22. The van der Waals surface area contributed by atoms with E-state index in [4.69, 9.17) is 16.3 Å². The molecular formula is C12H22ClNO2. The molecule has 3 nitrogen and oxygen atoms in total. The van der Waals surface area contributed by atoms with E-state index in [1.807, 2.05) is 20.9 Å². The largest absolute Gasteiger partial charge is 0.381 e. The number of hydrogen-bond acceptors (Lipinski definition) is 2. The lowest BCUT2D eigenvalue weighted by Crippen LogP contribution is -2.43. The molecule has 0 radical (unpaired) electrons. The maximum absolute atomic E-state index is 12.1. The van der Waals surface area contributed by atoms with E-state index in [1.54, 1.807) is 4.90 Å². The summed E-state index contributed by atoms with van der Waals surface area (Å²) in [7, 11) is 1.85. The second-order valence-electron chi connectivity index (χ2n) is 5.29. The van der Waals surface area contributed by atoms with Crippen LogP contribution in [0.25, 0.3) is 0 Å². The summed E-state index contributed by atoms with van der Waals surface area (Å²) in [6.07, 6.45) is 2.25. The molecule has 1 rings (SSSR count). The van der Waals surface area contributed by atoms with E-state index in [0.29, 0.717) is 11.8 Å². The Morgan fingerprint density at radius 3 is 2.75 bits per heavy atom. The first-order valence-electron chi connectivity index (χ1n) is 5.86. The van der Waals surface area contributed by atoms with Gasteiger partial charge in [0.2, 0.25) is 5.91 Å². The fraction of sp³-hybridized carbons (Fsp3) is 0.917. The van der Waals surface area contributed by atoms with Gasteiger partial charge in [-0.05, 0) is 32.6 Å². The van der Waals surface area contributed by atoms with Gasteiger partial charge in [0.15, 0.2) is 0 Å². The molecule has 0 aliphatic carbocycles. The standard InChI is InChI=1S/C12H22ClNO2/c1-12(2,9-13)11(15)14(3)7-10-5-4-6-16-8-10/h10H,4-9H2,1-3H3. The first kappa shape index (κ1) is 13.8. The number of rotatable bonds is 4. The SMILES string of the molecule is CN(CC1CCCOC1)C(=O)C(C)(C)CCl. The quantitative estimate of drug-likeness (QED) is 0.713. The number of amides is 1. The van der Waals surface area contributed by atoms with Crippen molar-refractivity contribution in [1.82, 2.24) is 4.90 Å². The molecule has 0 aromatic carbocycles. The van der Waals surface area contributed by atoms with E-state index >= 15 is 0 Å². The first-order chi connectivity index (χ1) is 7.47. The third kappa shape index (κ3) is 3.63. The summed E-state index contributed by atoms with van der Waals surface area (Å²) in [5.74, 6) is 0.957. The molecule has 0 bridgehead atoms. The number of ether oxygens (including phenoxy) is 1. The lowest BCUT2D eigenvalue weighted by Gasteiger charge is -2.31. The molecule has 1 atom stereocenters. The zero-order chi connectivity index (χ0) is 12.2. The molecule has 0 spiro atoms. The van der Waals surface area contributed by atoms with Crippen molar-refractivity contribution < 1.29 is 9.53 Å². The van der Waals surface area contributed by atoms with Crippen LogP contribution >= 0.6 is 11.6 Å². The van der Waals surface area contributed by atoms with Crippen LogP contribution < -0.4 is 0 Å². The van der Waals surface area contributed by atoms with Crippen molar-refractivity contribution in [2.45, 2.75) is 26.7 Å². The van der Waals surface area contributed by atoms with Crippen molar-refractivity contribution in [2.24, 2.45) is 11.3 Å². The summed E-state index contributed by atoms with van der Waals surface area (Å²) in [6.45, 7) is 6.19. The lowest BCUT2D eigenvalue weighted by atomic mass is 9.93. The lowest BCUT2D eigenvalue weighted by molar-refractivity contribution is -0.139.